The standard InChI is InChI=1S/C28H28N2O9/c1-35-22-12-7-17(14-20(22)30(33)34)8-13-25(32)29-26-19(10-11-21(31)27(26)38-4)9-6-18-15-23(36-2)28(39-5)24(16-18)37-3/h6-16,31H,1-5H3,(H,29,32)/b9-6+,13-8+. The molecular formula is C28H28N2O9. The fraction of sp³-hybridized carbons (Fsp3) is 0.179. The third-order valence-electron chi connectivity index (χ3n) is 5.59. The van der Waals surface area contributed by atoms with Crippen molar-refractivity contribution in [3.63, 3.8) is 0 Å². The van der Waals surface area contributed by atoms with E-state index in [0.717, 1.165) is 5.56 Å². The van der Waals surface area contributed by atoms with Crippen molar-refractivity contribution < 1.29 is 38.5 Å². The normalized spacial score (nSPS) is 10.9. The van der Waals surface area contributed by atoms with E-state index >= 15 is 0 Å². The number of methoxy groups -OCH3 is 5. The predicted octanol–water partition coefficient (Wildman–Crippen LogP) is 5.17. The van der Waals surface area contributed by atoms with E-state index in [0.29, 0.717) is 28.4 Å². The summed E-state index contributed by atoms with van der Waals surface area (Å²) in [5.41, 5.74) is 1.66. The van der Waals surface area contributed by atoms with Crippen LogP contribution in [0.1, 0.15) is 16.7 Å². The van der Waals surface area contributed by atoms with Gasteiger partial charge in [-0.3, -0.25) is 14.9 Å². The number of carbonyl (C=O) groups is 1. The van der Waals surface area contributed by atoms with Crippen LogP contribution in [0.3, 0.4) is 0 Å². The van der Waals surface area contributed by atoms with Crippen LogP contribution in [0.15, 0.2) is 48.5 Å². The maximum Gasteiger partial charge on any atom is 0.311 e. The maximum absolute atomic E-state index is 12.8. The minimum atomic E-state index is -0.569. The second kappa shape index (κ2) is 12.9. The van der Waals surface area contributed by atoms with E-state index in [-0.39, 0.29) is 28.6 Å². The number of amides is 1. The molecule has 0 fully saturated rings. The van der Waals surface area contributed by atoms with Gasteiger partial charge in [-0.25, -0.2) is 0 Å². The summed E-state index contributed by atoms with van der Waals surface area (Å²) in [7, 11) is 7.24. The number of phenolic OH excluding ortho intramolecular Hbond substituents is 1. The Labute approximate surface area is 225 Å². The van der Waals surface area contributed by atoms with Gasteiger partial charge >= 0.3 is 5.69 Å². The average Bonchev–Trinajstić information content (AvgIpc) is 2.94. The molecule has 0 saturated carbocycles. The van der Waals surface area contributed by atoms with Gasteiger partial charge < -0.3 is 34.1 Å². The number of benzene rings is 3. The number of hydrogen-bond donors (Lipinski definition) is 2. The molecule has 3 aromatic rings. The predicted molar refractivity (Wildman–Crippen MR) is 147 cm³/mol. The van der Waals surface area contributed by atoms with Gasteiger partial charge in [0.15, 0.2) is 28.7 Å². The molecule has 204 valence electrons. The first-order valence-electron chi connectivity index (χ1n) is 11.5. The molecule has 3 aromatic carbocycles. The number of nitrogens with one attached hydrogen (secondary N) is 1. The van der Waals surface area contributed by atoms with E-state index in [9.17, 15) is 20.0 Å². The fourth-order valence-electron chi connectivity index (χ4n) is 3.74. The van der Waals surface area contributed by atoms with Crippen molar-refractivity contribution in [2.75, 3.05) is 40.9 Å². The Balaban J connectivity index is 1.93. The first-order chi connectivity index (χ1) is 18.8. The van der Waals surface area contributed by atoms with Crippen LogP contribution in [0.25, 0.3) is 18.2 Å². The summed E-state index contributed by atoms with van der Waals surface area (Å²) in [5, 5.41) is 24.3. The zero-order valence-corrected chi connectivity index (χ0v) is 22.0. The first kappa shape index (κ1) is 28.4. The summed E-state index contributed by atoms with van der Waals surface area (Å²) in [4.78, 5) is 23.5. The van der Waals surface area contributed by atoms with Crippen LogP contribution in [-0.2, 0) is 4.79 Å². The topological polar surface area (TPSA) is 139 Å². The minimum Gasteiger partial charge on any atom is -0.504 e. The Morgan fingerprint density at radius 1 is 0.795 bits per heavy atom. The second-order valence-electron chi connectivity index (χ2n) is 7.89. The molecule has 11 heteroatoms. The summed E-state index contributed by atoms with van der Waals surface area (Å²) >= 11 is 0. The molecule has 39 heavy (non-hydrogen) atoms. The third kappa shape index (κ3) is 6.58. The molecule has 1 amide bonds. The summed E-state index contributed by atoms with van der Waals surface area (Å²) < 4.78 is 26.5. The number of rotatable bonds is 11. The van der Waals surface area contributed by atoms with Crippen molar-refractivity contribution in [2.24, 2.45) is 0 Å². The van der Waals surface area contributed by atoms with E-state index in [1.807, 2.05) is 0 Å². The van der Waals surface area contributed by atoms with Crippen molar-refractivity contribution >= 4 is 35.5 Å². The number of hydrogen-bond acceptors (Lipinski definition) is 9. The average molecular weight is 537 g/mol. The largest absolute Gasteiger partial charge is 0.504 e. The van der Waals surface area contributed by atoms with Crippen molar-refractivity contribution in [1.29, 1.82) is 0 Å². The lowest BCUT2D eigenvalue weighted by molar-refractivity contribution is -0.385. The van der Waals surface area contributed by atoms with Crippen LogP contribution in [0.4, 0.5) is 11.4 Å². The van der Waals surface area contributed by atoms with Gasteiger partial charge in [0.1, 0.15) is 0 Å². The van der Waals surface area contributed by atoms with Crippen molar-refractivity contribution in [3.8, 4) is 34.5 Å². The Bertz CT molecular complexity index is 1410. The lowest BCUT2D eigenvalue weighted by Crippen LogP contribution is -2.10. The molecule has 0 aliphatic heterocycles. The number of nitro groups is 1. The zero-order valence-electron chi connectivity index (χ0n) is 22.0. The molecule has 0 aliphatic carbocycles. The lowest BCUT2D eigenvalue weighted by atomic mass is 10.1. The molecule has 2 N–H and O–H groups in total. The molecule has 3 rings (SSSR count). The number of carbonyl (C=O) groups excluding carboxylic acids is 1. The van der Waals surface area contributed by atoms with Crippen LogP contribution in [-0.4, -0.2) is 51.5 Å². The first-order valence-corrected chi connectivity index (χ1v) is 11.5. The van der Waals surface area contributed by atoms with Crippen molar-refractivity contribution in [1.82, 2.24) is 0 Å². The molecule has 0 aromatic heterocycles. The zero-order chi connectivity index (χ0) is 28.5. The van der Waals surface area contributed by atoms with Gasteiger partial charge in [0, 0.05) is 17.7 Å². The molecule has 0 radical (unpaired) electrons. The molecule has 0 unspecified atom stereocenters. The van der Waals surface area contributed by atoms with Gasteiger partial charge in [0.25, 0.3) is 0 Å². The third-order valence-corrected chi connectivity index (χ3v) is 5.59. The Hall–Kier alpha value is -5.19. The molecule has 0 aliphatic rings. The number of nitro benzene ring substituents is 1. The molecule has 11 nitrogen and oxygen atoms in total. The van der Waals surface area contributed by atoms with Crippen LogP contribution in [0.5, 0.6) is 34.5 Å². The quantitative estimate of drug-likeness (QED) is 0.147. The number of aromatic hydroxyl groups is 1. The van der Waals surface area contributed by atoms with Gasteiger partial charge in [-0.1, -0.05) is 18.2 Å². The fourth-order valence-corrected chi connectivity index (χ4v) is 3.74. The monoisotopic (exact) mass is 536 g/mol. The minimum absolute atomic E-state index is 0.0591. The van der Waals surface area contributed by atoms with E-state index in [2.05, 4.69) is 5.32 Å². The molecular weight excluding hydrogens is 508 g/mol. The summed E-state index contributed by atoms with van der Waals surface area (Å²) in [6.45, 7) is 0. The molecule has 0 spiro atoms. The number of phenols is 1. The lowest BCUT2D eigenvalue weighted by Gasteiger charge is -2.14. The Morgan fingerprint density at radius 2 is 1.44 bits per heavy atom. The van der Waals surface area contributed by atoms with Crippen LogP contribution < -0.4 is 29.0 Å². The highest BCUT2D eigenvalue weighted by molar-refractivity contribution is 6.04. The Kier molecular flexibility index (Phi) is 9.36. The summed E-state index contributed by atoms with van der Waals surface area (Å²) in [6, 6.07) is 10.9. The second-order valence-corrected chi connectivity index (χ2v) is 7.89. The number of anilines is 1. The number of nitrogens with zero attached hydrogens (tertiary/aromatic N) is 1. The van der Waals surface area contributed by atoms with Gasteiger partial charge in [-0.05, 0) is 47.5 Å². The van der Waals surface area contributed by atoms with Crippen LogP contribution in [0, 0.1) is 10.1 Å². The van der Waals surface area contributed by atoms with Gasteiger partial charge in [0.05, 0.1) is 46.2 Å². The maximum atomic E-state index is 12.8. The van der Waals surface area contributed by atoms with Gasteiger partial charge in [-0.15, -0.1) is 0 Å². The van der Waals surface area contributed by atoms with Crippen molar-refractivity contribution in [3.05, 3.63) is 75.3 Å². The van der Waals surface area contributed by atoms with Crippen molar-refractivity contribution in [2.45, 2.75) is 0 Å². The highest BCUT2D eigenvalue weighted by Crippen LogP contribution is 2.40. The molecule has 0 saturated heterocycles. The van der Waals surface area contributed by atoms with Crippen LogP contribution in [0.2, 0.25) is 0 Å². The van der Waals surface area contributed by atoms with E-state index in [4.69, 9.17) is 23.7 Å². The molecule has 0 heterocycles. The SMILES string of the molecule is COc1ccc(/C=C/C(=O)Nc2c(/C=C/c3cc(OC)c(OC)c(OC)c3)ccc(O)c2OC)cc1[N+](=O)[O-]. The number of ether oxygens (including phenoxy) is 5. The van der Waals surface area contributed by atoms with Crippen LogP contribution >= 0.6 is 0 Å². The highest BCUT2D eigenvalue weighted by Gasteiger charge is 2.17. The summed E-state index contributed by atoms with van der Waals surface area (Å²) in [6.07, 6.45) is 6.11. The van der Waals surface area contributed by atoms with E-state index in [1.165, 1.54) is 65.9 Å². The molecule has 0 atom stereocenters. The summed E-state index contributed by atoms with van der Waals surface area (Å²) in [5.74, 6) is 0.825. The van der Waals surface area contributed by atoms with Gasteiger partial charge in [-0.2, -0.15) is 0 Å². The smallest absolute Gasteiger partial charge is 0.311 e. The molecule has 0 bridgehead atoms. The highest BCUT2D eigenvalue weighted by atomic mass is 16.6. The van der Waals surface area contributed by atoms with Gasteiger partial charge in [0.2, 0.25) is 11.7 Å². The van der Waals surface area contributed by atoms with E-state index < -0.39 is 10.8 Å². The Morgan fingerprint density at radius 3 is 2.00 bits per heavy atom. The van der Waals surface area contributed by atoms with E-state index in [1.54, 1.807) is 36.4 Å².